The average Bonchev–Trinajstić information content (AvgIpc) is 2.65. The Morgan fingerprint density at radius 1 is 1.11 bits per heavy atom. The second kappa shape index (κ2) is 9.18. The predicted molar refractivity (Wildman–Crippen MR) is 107 cm³/mol. The third kappa shape index (κ3) is 6.55. The molecule has 0 heterocycles. The van der Waals surface area contributed by atoms with Gasteiger partial charge in [0.2, 0.25) is 15.8 Å². The van der Waals surface area contributed by atoms with E-state index in [0.717, 1.165) is 11.8 Å². The van der Waals surface area contributed by atoms with Crippen LogP contribution >= 0.6 is 0 Å². The summed E-state index contributed by atoms with van der Waals surface area (Å²) in [6, 6.07) is 13.0. The fraction of sp³-hybridized carbons (Fsp3) is 0.200. The normalized spacial score (nSPS) is 12.4. The molecular formula is C20H21NO6S. The van der Waals surface area contributed by atoms with Crippen LogP contribution in [0.2, 0.25) is 0 Å². The van der Waals surface area contributed by atoms with Gasteiger partial charge in [0.25, 0.3) is 0 Å². The number of esters is 1. The Morgan fingerprint density at radius 2 is 1.79 bits per heavy atom. The van der Waals surface area contributed by atoms with Crippen LogP contribution < -0.4 is 9.46 Å². The van der Waals surface area contributed by atoms with Gasteiger partial charge in [0, 0.05) is 17.3 Å². The Morgan fingerprint density at radius 3 is 2.39 bits per heavy atom. The summed E-state index contributed by atoms with van der Waals surface area (Å²) < 4.78 is 35.0. The monoisotopic (exact) mass is 403 g/mol. The van der Waals surface area contributed by atoms with Crippen LogP contribution in [-0.2, 0) is 19.6 Å². The van der Waals surface area contributed by atoms with E-state index in [0.29, 0.717) is 17.0 Å². The van der Waals surface area contributed by atoms with E-state index in [4.69, 9.17) is 9.47 Å². The molecule has 0 aromatic heterocycles. The van der Waals surface area contributed by atoms with Gasteiger partial charge in [0.15, 0.2) is 6.10 Å². The molecular weight excluding hydrogens is 382 g/mol. The smallest absolute Gasteiger partial charge is 0.331 e. The number of sulfonamides is 1. The Labute approximate surface area is 164 Å². The summed E-state index contributed by atoms with van der Waals surface area (Å²) in [5.74, 6) is -0.388. The number of Topliss-reactive ketones (excluding diaryl/α,β-unsaturated/α-hetero) is 1. The van der Waals surface area contributed by atoms with E-state index >= 15 is 0 Å². The number of methoxy groups -OCH3 is 1. The van der Waals surface area contributed by atoms with Crippen molar-refractivity contribution in [3.63, 3.8) is 0 Å². The number of nitrogens with one attached hydrogen (secondary N) is 1. The van der Waals surface area contributed by atoms with Crippen molar-refractivity contribution in [3.05, 3.63) is 65.7 Å². The van der Waals surface area contributed by atoms with E-state index in [2.05, 4.69) is 4.72 Å². The molecule has 0 saturated heterocycles. The maximum Gasteiger partial charge on any atom is 0.331 e. The molecule has 148 valence electrons. The predicted octanol–water partition coefficient (Wildman–Crippen LogP) is 2.89. The lowest BCUT2D eigenvalue weighted by molar-refractivity contribution is -0.140. The van der Waals surface area contributed by atoms with E-state index in [1.54, 1.807) is 37.5 Å². The van der Waals surface area contributed by atoms with Gasteiger partial charge in [-0.05, 0) is 55.0 Å². The molecule has 1 N–H and O–H groups in total. The molecule has 0 aliphatic rings. The zero-order valence-electron chi connectivity index (χ0n) is 15.7. The first-order valence-corrected chi connectivity index (χ1v) is 10.2. The highest BCUT2D eigenvalue weighted by Crippen LogP contribution is 2.15. The molecule has 0 unspecified atom stereocenters. The first kappa shape index (κ1) is 21.2. The second-order valence-corrected chi connectivity index (χ2v) is 7.75. The molecule has 0 amide bonds. The zero-order valence-corrected chi connectivity index (χ0v) is 16.5. The molecule has 7 nitrogen and oxygen atoms in total. The van der Waals surface area contributed by atoms with Gasteiger partial charge in [-0.3, -0.25) is 9.52 Å². The van der Waals surface area contributed by atoms with Crippen LogP contribution in [0.25, 0.3) is 6.08 Å². The van der Waals surface area contributed by atoms with Crippen molar-refractivity contribution in [2.24, 2.45) is 0 Å². The average molecular weight is 403 g/mol. The molecule has 28 heavy (non-hydrogen) atoms. The highest BCUT2D eigenvalue weighted by atomic mass is 32.2. The minimum Gasteiger partial charge on any atom is -0.497 e. The molecule has 0 aliphatic heterocycles. The van der Waals surface area contributed by atoms with Crippen molar-refractivity contribution >= 4 is 33.5 Å². The van der Waals surface area contributed by atoms with Gasteiger partial charge in [0.05, 0.1) is 13.4 Å². The highest BCUT2D eigenvalue weighted by Gasteiger charge is 2.18. The van der Waals surface area contributed by atoms with Crippen molar-refractivity contribution < 1.29 is 27.5 Å². The van der Waals surface area contributed by atoms with Crippen LogP contribution in [0.1, 0.15) is 22.8 Å². The molecule has 0 radical (unpaired) electrons. The Kier molecular flexibility index (Phi) is 6.94. The number of carbonyl (C=O) groups is 2. The van der Waals surface area contributed by atoms with Crippen LogP contribution in [0.15, 0.2) is 54.6 Å². The summed E-state index contributed by atoms with van der Waals surface area (Å²) >= 11 is 0. The quantitative estimate of drug-likeness (QED) is 0.413. The Hall–Kier alpha value is -3.13. The fourth-order valence-corrected chi connectivity index (χ4v) is 2.89. The molecule has 0 spiro atoms. The molecule has 0 bridgehead atoms. The lowest BCUT2D eigenvalue weighted by atomic mass is 10.1. The highest BCUT2D eigenvalue weighted by molar-refractivity contribution is 7.92. The van der Waals surface area contributed by atoms with Gasteiger partial charge in [-0.15, -0.1) is 0 Å². The summed E-state index contributed by atoms with van der Waals surface area (Å²) in [6.45, 7) is 1.47. The van der Waals surface area contributed by atoms with Crippen LogP contribution in [0.3, 0.4) is 0 Å². The van der Waals surface area contributed by atoms with E-state index in [1.807, 2.05) is 0 Å². The summed E-state index contributed by atoms with van der Waals surface area (Å²) in [5.41, 5.74) is 1.39. The van der Waals surface area contributed by atoms with E-state index in [-0.39, 0.29) is 0 Å². The largest absolute Gasteiger partial charge is 0.497 e. The minimum absolute atomic E-state index is 0.302. The van der Waals surface area contributed by atoms with Crippen molar-refractivity contribution in [1.82, 2.24) is 0 Å². The van der Waals surface area contributed by atoms with E-state index in [1.165, 1.54) is 37.3 Å². The third-order valence-electron chi connectivity index (χ3n) is 3.64. The fourth-order valence-electron chi connectivity index (χ4n) is 2.33. The molecule has 8 heteroatoms. The van der Waals surface area contributed by atoms with E-state index in [9.17, 15) is 18.0 Å². The summed E-state index contributed by atoms with van der Waals surface area (Å²) in [6.07, 6.45) is 2.84. The number of rotatable bonds is 8. The summed E-state index contributed by atoms with van der Waals surface area (Å²) in [5, 5.41) is 0. The maximum absolute atomic E-state index is 12.4. The summed E-state index contributed by atoms with van der Waals surface area (Å²) in [4.78, 5) is 24.3. The van der Waals surface area contributed by atoms with Crippen LogP contribution in [-0.4, -0.2) is 39.6 Å². The SMILES string of the molecule is COc1cccc(/C=C/C(=O)O[C@H](C)C(=O)c2ccc(NS(C)(=O)=O)cc2)c1. The molecule has 0 aliphatic carbocycles. The Balaban J connectivity index is 1.97. The number of benzene rings is 2. The number of hydrogen-bond donors (Lipinski definition) is 1. The molecule has 0 saturated carbocycles. The number of ketones is 1. The van der Waals surface area contributed by atoms with Crippen molar-refractivity contribution in [2.45, 2.75) is 13.0 Å². The summed E-state index contributed by atoms with van der Waals surface area (Å²) in [7, 11) is -1.85. The molecule has 2 aromatic rings. The Bertz CT molecular complexity index is 980. The zero-order chi connectivity index (χ0) is 20.7. The molecule has 1 atom stereocenters. The number of hydrogen-bond acceptors (Lipinski definition) is 6. The molecule has 2 rings (SSSR count). The van der Waals surface area contributed by atoms with Gasteiger partial charge in [0.1, 0.15) is 5.75 Å². The number of ether oxygens (including phenoxy) is 2. The van der Waals surface area contributed by atoms with E-state index < -0.39 is 27.9 Å². The van der Waals surface area contributed by atoms with Crippen LogP contribution in [0, 0.1) is 0 Å². The topological polar surface area (TPSA) is 98.8 Å². The minimum atomic E-state index is -3.40. The second-order valence-electron chi connectivity index (χ2n) is 6.00. The maximum atomic E-state index is 12.4. The van der Waals surface area contributed by atoms with Gasteiger partial charge < -0.3 is 9.47 Å². The standard InChI is InChI=1S/C20H21NO6S/c1-14(20(23)16-8-10-17(11-9-16)21-28(3,24)25)27-19(22)12-7-15-5-4-6-18(13-15)26-2/h4-14,21H,1-3H3/b12-7+/t14-/m1/s1. The lowest BCUT2D eigenvalue weighted by Crippen LogP contribution is -2.23. The van der Waals surface area contributed by atoms with Gasteiger partial charge in [-0.2, -0.15) is 0 Å². The first-order chi connectivity index (χ1) is 13.2. The molecule has 2 aromatic carbocycles. The molecule has 0 fully saturated rings. The lowest BCUT2D eigenvalue weighted by Gasteiger charge is -2.11. The van der Waals surface area contributed by atoms with Crippen LogP contribution in [0.5, 0.6) is 5.75 Å². The van der Waals surface area contributed by atoms with Gasteiger partial charge >= 0.3 is 5.97 Å². The third-order valence-corrected chi connectivity index (χ3v) is 4.25. The van der Waals surface area contributed by atoms with Crippen LogP contribution in [0.4, 0.5) is 5.69 Å². The van der Waals surface area contributed by atoms with Gasteiger partial charge in [-0.1, -0.05) is 12.1 Å². The van der Waals surface area contributed by atoms with Crippen molar-refractivity contribution in [3.8, 4) is 5.75 Å². The van der Waals surface area contributed by atoms with Crippen molar-refractivity contribution in [1.29, 1.82) is 0 Å². The number of anilines is 1. The van der Waals surface area contributed by atoms with Crippen molar-refractivity contribution in [2.75, 3.05) is 18.1 Å². The first-order valence-electron chi connectivity index (χ1n) is 8.33. The number of carbonyl (C=O) groups excluding carboxylic acids is 2. The van der Waals surface area contributed by atoms with Gasteiger partial charge in [-0.25, -0.2) is 13.2 Å².